The number of ether oxygens (including phenoxy) is 1. The maximum absolute atomic E-state index is 12.3. The van der Waals surface area contributed by atoms with E-state index in [9.17, 15) is 14.7 Å². The lowest BCUT2D eigenvalue weighted by molar-refractivity contribution is -0.106. The highest BCUT2D eigenvalue weighted by Crippen LogP contribution is 2.42. The number of aromatic carboxylic acids is 1. The van der Waals surface area contributed by atoms with E-state index >= 15 is 0 Å². The quantitative estimate of drug-likeness (QED) is 0.434. The first-order valence-corrected chi connectivity index (χ1v) is 11.5. The Kier molecular flexibility index (Phi) is 5.98. The number of aryl methyl sites for hydroxylation is 2. The number of carbonyl (C=O) groups is 2. The number of fused-ring (bicyclic) bond motifs is 1. The van der Waals surface area contributed by atoms with Gasteiger partial charge in [-0.05, 0) is 80.6 Å². The first-order chi connectivity index (χ1) is 16.0. The van der Waals surface area contributed by atoms with Crippen LogP contribution in [0.15, 0.2) is 60.7 Å². The molecular weight excluding hydrogens is 426 g/mol. The minimum absolute atomic E-state index is 0.134. The summed E-state index contributed by atoms with van der Waals surface area (Å²) in [5.74, 6) is -0.100. The van der Waals surface area contributed by atoms with E-state index in [2.05, 4.69) is 52.0 Å². The molecule has 0 spiro atoms. The molecular formula is C29H31NO4. The van der Waals surface area contributed by atoms with Gasteiger partial charge in [0.15, 0.2) is 0 Å². The summed E-state index contributed by atoms with van der Waals surface area (Å²) in [6.07, 6.45) is 2.65. The zero-order valence-corrected chi connectivity index (χ0v) is 20.4. The first-order valence-electron chi connectivity index (χ1n) is 11.5. The number of benzene rings is 3. The van der Waals surface area contributed by atoms with Gasteiger partial charge in [-0.3, -0.25) is 9.69 Å². The molecule has 1 aliphatic heterocycles. The molecule has 1 amide bonds. The molecule has 5 heteroatoms. The van der Waals surface area contributed by atoms with Gasteiger partial charge in [0, 0.05) is 11.1 Å². The molecule has 0 saturated heterocycles. The number of hydrogen-bond acceptors (Lipinski definition) is 3. The summed E-state index contributed by atoms with van der Waals surface area (Å²) >= 11 is 0. The van der Waals surface area contributed by atoms with Crippen LogP contribution in [0.4, 0.5) is 11.4 Å². The average molecular weight is 458 g/mol. The second-order valence-electron chi connectivity index (χ2n) is 10.2. The number of carboxylic acid groups (broad SMARTS) is 1. The lowest BCUT2D eigenvalue weighted by atomic mass is 9.75. The highest BCUT2D eigenvalue weighted by molar-refractivity contribution is 5.93. The van der Waals surface area contributed by atoms with Gasteiger partial charge in [0.2, 0.25) is 6.41 Å². The second-order valence-corrected chi connectivity index (χ2v) is 10.2. The SMILES string of the molecule is Cc1ccc(N(C=O)c2cccc(C(=O)O)c2)c(C(C)(C)c2ccc3c(c2)CCC(C)(C)O3)c1. The normalized spacial score (nSPS) is 14.6. The number of amides is 1. The zero-order valence-electron chi connectivity index (χ0n) is 20.4. The van der Waals surface area contributed by atoms with Crippen LogP contribution in [0.2, 0.25) is 0 Å². The van der Waals surface area contributed by atoms with Gasteiger partial charge in [-0.15, -0.1) is 0 Å². The smallest absolute Gasteiger partial charge is 0.335 e. The van der Waals surface area contributed by atoms with Crippen LogP contribution in [0.1, 0.15) is 66.7 Å². The van der Waals surface area contributed by atoms with Crippen LogP contribution >= 0.6 is 0 Å². The van der Waals surface area contributed by atoms with Crippen LogP contribution in [-0.4, -0.2) is 23.1 Å². The molecule has 3 aromatic carbocycles. The van der Waals surface area contributed by atoms with Crippen LogP contribution in [-0.2, 0) is 16.6 Å². The molecule has 0 saturated carbocycles. The van der Waals surface area contributed by atoms with E-state index in [1.807, 2.05) is 19.1 Å². The van der Waals surface area contributed by atoms with Gasteiger partial charge in [0.25, 0.3) is 0 Å². The summed E-state index contributed by atoms with van der Waals surface area (Å²) in [5, 5.41) is 9.42. The topological polar surface area (TPSA) is 66.8 Å². The van der Waals surface area contributed by atoms with Gasteiger partial charge >= 0.3 is 5.97 Å². The third-order valence-corrected chi connectivity index (χ3v) is 6.73. The van der Waals surface area contributed by atoms with E-state index in [1.165, 1.54) is 22.6 Å². The lowest BCUT2D eigenvalue weighted by Gasteiger charge is -2.35. The molecule has 1 heterocycles. The molecule has 0 atom stereocenters. The fourth-order valence-electron chi connectivity index (χ4n) is 4.61. The van der Waals surface area contributed by atoms with Crippen molar-refractivity contribution in [1.82, 2.24) is 0 Å². The Morgan fingerprint density at radius 2 is 1.85 bits per heavy atom. The molecule has 0 aromatic heterocycles. The molecule has 5 nitrogen and oxygen atoms in total. The Morgan fingerprint density at radius 1 is 1.09 bits per heavy atom. The second kappa shape index (κ2) is 8.64. The fourth-order valence-corrected chi connectivity index (χ4v) is 4.61. The molecule has 176 valence electrons. The fraction of sp³-hybridized carbons (Fsp3) is 0.310. The summed E-state index contributed by atoms with van der Waals surface area (Å²) in [6, 6.07) is 18.8. The van der Waals surface area contributed by atoms with Crippen LogP contribution in [0.25, 0.3) is 0 Å². The molecule has 1 aliphatic rings. The number of hydrogen-bond donors (Lipinski definition) is 1. The van der Waals surface area contributed by atoms with Gasteiger partial charge in [-0.25, -0.2) is 4.79 Å². The van der Waals surface area contributed by atoms with Crippen LogP contribution in [0.3, 0.4) is 0 Å². The summed E-state index contributed by atoms with van der Waals surface area (Å²) in [6.45, 7) is 10.6. The standard InChI is InChI=1S/C29H31NO4/c1-19-9-11-25(30(18-31)23-8-6-7-21(17-23)27(32)33)24(15-19)29(4,5)22-10-12-26-20(16-22)13-14-28(2,3)34-26/h6-12,15-18H,13-14H2,1-5H3,(H,32,33). The van der Waals surface area contributed by atoms with Crippen LogP contribution < -0.4 is 9.64 Å². The Labute approximate surface area is 201 Å². The molecule has 0 bridgehead atoms. The number of carboxylic acids is 1. The molecule has 0 aliphatic carbocycles. The van der Waals surface area contributed by atoms with E-state index in [1.54, 1.807) is 12.1 Å². The highest BCUT2D eigenvalue weighted by atomic mass is 16.5. The molecule has 0 radical (unpaired) electrons. The van der Waals surface area contributed by atoms with Crippen LogP contribution in [0, 0.1) is 6.92 Å². The van der Waals surface area contributed by atoms with Crippen molar-refractivity contribution in [3.05, 3.63) is 88.5 Å². The maximum Gasteiger partial charge on any atom is 0.335 e. The molecule has 1 N–H and O–H groups in total. The van der Waals surface area contributed by atoms with E-state index < -0.39 is 11.4 Å². The lowest BCUT2D eigenvalue weighted by Crippen LogP contribution is -2.33. The highest BCUT2D eigenvalue weighted by Gasteiger charge is 2.32. The van der Waals surface area contributed by atoms with Crippen molar-refractivity contribution in [3.63, 3.8) is 0 Å². The Balaban J connectivity index is 1.81. The number of anilines is 2. The summed E-state index contributed by atoms with van der Waals surface area (Å²) in [7, 11) is 0. The molecule has 0 fully saturated rings. The van der Waals surface area contributed by atoms with Gasteiger partial charge in [0.05, 0.1) is 11.3 Å². The number of nitrogens with zero attached hydrogens (tertiary/aromatic N) is 1. The van der Waals surface area contributed by atoms with Gasteiger partial charge in [-0.2, -0.15) is 0 Å². The van der Waals surface area contributed by atoms with Crippen molar-refractivity contribution >= 4 is 23.8 Å². The Bertz CT molecular complexity index is 1260. The molecule has 0 unspecified atom stereocenters. The largest absolute Gasteiger partial charge is 0.488 e. The van der Waals surface area contributed by atoms with E-state index in [-0.39, 0.29) is 11.2 Å². The monoisotopic (exact) mass is 457 g/mol. The van der Waals surface area contributed by atoms with Gasteiger partial charge in [0.1, 0.15) is 11.4 Å². The third kappa shape index (κ3) is 4.43. The predicted octanol–water partition coefficient (Wildman–Crippen LogP) is 6.42. The number of carbonyl (C=O) groups excluding carboxylic acids is 1. The van der Waals surface area contributed by atoms with Crippen LogP contribution in [0.5, 0.6) is 5.75 Å². The van der Waals surface area contributed by atoms with Crippen molar-refractivity contribution in [2.75, 3.05) is 4.90 Å². The van der Waals surface area contributed by atoms with Crippen molar-refractivity contribution in [3.8, 4) is 5.75 Å². The van der Waals surface area contributed by atoms with Crippen molar-refractivity contribution in [2.24, 2.45) is 0 Å². The van der Waals surface area contributed by atoms with Gasteiger partial charge < -0.3 is 9.84 Å². The summed E-state index contributed by atoms with van der Waals surface area (Å²) in [5.41, 5.74) is 5.18. The van der Waals surface area contributed by atoms with Crippen molar-refractivity contribution in [2.45, 2.75) is 58.5 Å². The summed E-state index contributed by atoms with van der Waals surface area (Å²) in [4.78, 5) is 25.3. The van der Waals surface area contributed by atoms with Crippen molar-refractivity contribution < 1.29 is 19.4 Å². The predicted molar refractivity (Wildman–Crippen MR) is 134 cm³/mol. The minimum Gasteiger partial charge on any atom is -0.488 e. The minimum atomic E-state index is -1.03. The zero-order chi connectivity index (χ0) is 24.7. The first kappa shape index (κ1) is 23.6. The third-order valence-electron chi connectivity index (χ3n) is 6.73. The molecule has 34 heavy (non-hydrogen) atoms. The molecule has 3 aromatic rings. The van der Waals surface area contributed by atoms with E-state index in [0.717, 1.165) is 47.4 Å². The van der Waals surface area contributed by atoms with Crippen molar-refractivity contribution in [1.29, 1.82) is 0 Å². The maximum atomic E-state index is 12.3. The molecule has 4 rings (SSSR count). The van der Waals surface area contributed by atoms with E-state index in [0.29, 0.717) is 5.69 Å². The Morgan fingerprint density at radius 3 is 2.56 bits per heavy atom. The van der Waals surface area contributed by atoms with Gasteiger partial charge in [-0.1, -0.05) is 49.7 Å². The Hall–Kier alpha value is -3.60. The number of rotatable bonds is 6. The van der Waals surface area contributed by atoms with E-state index in [4.69, 9.17) is 4.74 Å². The summed E-state index contributed by atoms with van der Waals surface area (Å²) < 4.78 is 6.18. The average Bonchev–Trinajstić information content (AvgIpc) is 2.79.